The van der Waals surface area contributed by atoms with Crippen molar-refractivity contribution in [1.29, 1.82) is 0 Å². The summed E-state index contributed by atoms with van der Waals surface area (Å²) in [6.45, 7) is 5.77. The number of nitrogens with one attached hydrogen (secondary N) is 1. The zero-order valence-electron chi connectivity index (χ0n) is 14.6. The Morgan fingerprint density at radius 1 is 1.35 bits per heavy atom. The van der Waals surface area contributed by atoms with E-state index >= 15 is 0 Å². The van der Waals surface area contributed by atoms with Crippen molar-refractivity contribution in [3.05, 3.63) is 12.2 Å². The Labute approximate surface area is 138 Å². The fourth-order valence-electron chi connectivity index (χ4n) is 3.05. The van der Waals surface area contributed by atoms with Gasteiger partial charge in [0.05, 0.1) is 7.11 Å². The highest BCUT2D eigenvalue weighted by Gasteiger charge is 2.35. The van der Waals surface area contributed by atoms with Crippen LogP contribution in [0.2, 0.25) is 0 Å². The van der Waals surface area contributed by atoms with Gasteiger partial charge in [0.15, 0.2) is 0 Å². The predicted molar refractivity (Wildman–Crippen MR) is 88.7 cm³/mol. The highest BCUT2D eigenvalue weighted by Crippen LogP contribution is 2.34. The number of hydrogen-bond donors (Lipinski definition) is 1. The predicted octanol–water partition coefficient (Wildman–Crippen LogP) is 2.64. The number of rotatable bonds is 8. The Balaban J connectivity index is 2.62. The molecule has 5 nitrogen and oxygen atoms in total. The van der Waals surface area contributed by atoms with Crippen LogP contribution < -0.4 is 5.32 Å². The Kier molecular flexibility index (Phi) is 8.00. The lowest BCUT2D eigenvalue weighted by atomic mass is 9.89. The van der Waals surface area contributed by atoms with Crippen LogP contribution in [0.5, 0.6) is 0 Å². The summed E-state index contributed by atoms with van der Waals surface area (Å²) in [6.07, 6.45) is 7.32. The van der Waals surface area contributed by atoms with Crippen molar-refractivity contribution in [2.24, 2.45) is 17.8 Å². The fourth-order valence-corrected chi connectivity index (χ4v) is 3.05. The van der Waals surface area contributed by atoms with E-state index in [1.807, 2.05) is 19.9 Å². The molecular formula is C18H29NO4. The number of carbonyl (C=O) groups is 3. The number of ketones is 1. The molecule has 1 amide bonds. The first-order valence-electron chi connectivity index (χ1n) is 8.45. The van der Waals surface area contributed by atoms with Crippen LogP contribution in [0, 0.1) is 17.8 Å². The van der Waals surface area contributed by atoms with E-state index in [1.165, 1.54) is 7.11 Å². The van der Waals surface area contributed by atoms with E-state index in [2.05, 4.69) is 18.3 Å². The standard InChI is InChI=1S/C18H29NO4/c1-5-6-7-8-14-13(9-10-15(14)20)11-16(21)19-17(12(2)3)18(22)23-4/h6-7,12-14,17H,5,8-11H2,1-4H3,(H,19,21)/b7-6-/t13-,14+,17?/m1/s1. The van der Waals surface area contributed by atoms with Crippen LogP contribution >= 0.6 is 0 Å². The lowest BCUT2D eigenvalue weighted by Crippen LogP contribution is -2.45. The molecule has 1 aliphatic carbocycles. The highest BCUT2D eigenvalue weighted by atomic mass is 16.5. The van der Waals surface area contributed by atoms with Crippen LogP contribution in [0.4, 0.5) is 0 Å². The molecule has 1 unspecified atom stereocenters. The smallest absolute Gasteiger partial charge is 0.328 e. The quantitative estimate of drug-likeness (QED) is 0.550. The zero-order chi connectivity index (χ0) is 17.4. The molecule has 23 heavy (non-hydrogen) atoms. The summed E-state index contributed by atoms with van der Waals surface area (Å²) in [6, 6.07) is -0.636. The molecule has 0 aliphatic heterocycles. The molecule has 1 fully saturated rings. The molecule has 5 heteroatoms. The molecule has 0 heterocycles. The molecule has 1 saturated carbocycles. The number of Topliss-reactive ketones (excluding diaryl/α,β-unsaturated/α-hetero) is 1. The molecule has 130 valence electrons. The van der Waals surface area contributed by atoms with E-state index in [9.17, 15) is 14.4 Å². The van der Waals surface area contributed by atoms with Gasteiger partial charge in [-0.25, -0.2) is 4.79 Å². The van der Waals surface area contributed by atoms with Crippen LogP contribution in [0.3, 0.4) is 0 Å². The van der Waals surface area contributed by atoms with Gasteiger partial charge >= 0.3 is 5.97 Å². The third-order valence-corrected chi connectivity index (χ3v) is 4.42. The fraction of sp³-hybridized carbons (Fsp3) is 0.722. The summed E-state index contributed by atoms with van der Waals surface area (Å²) in [5.41, 5.74) is 0. The van der Waals surface area contributed by atoms with Crippen molar-refractivity contribution in [1.82, 2.24) is 5.32 Å². The van der Waals surface area contributed by atoms with Crippen LogP contribution in [0.15, 0.2) is 12.2 Å². The summed E-state index contributed by atoms with van der Waals surface area (Å²) >= 11 is 0. The average molecular weight is 323 g/mol. The first kappa shape index (κ1) is 19.4. The molecule has 3 atom stereocenters. The van der Waals surface area contributed by atoms with Crippen LogP contribution in [-0.2, 0) is 19.1 Å². The van der Waals surface area contributed by atoms with Gasteiger partial charge in [-0.15, -0.1) is 0 Å². The van der Waals surface area contributed by atoms with Gasteiger partial charge < -0.3 is 10.1 Å². The molecule has 0 aromatic heterocycles. The van der Waals surface area contributed by atoms with Crippen LogP contribution in [-0.4, -0.2) is 30.8 Å². The Morgan fingerprint density at radius 2 is 2.04 bits per heavy atom. The van der Waals surface area contributed by atoms with Crippen molar-refractivity contribution in [2.75, 3.05) is 7.11 Å². The molecule has 0 bridgehead atoms. The Bertz CT molecular complexity index is 456. The molecule has 1 N–H and O–H groups in total. The minimum absolute atomic E-state index is 0.0418. The Morgan fingerprint density at radius 3 is 2.61 bits per heavy atom. The topological polar surface area (TPSA) is 72.5 Å². The Hall–Kier alpha value is -1.65. The number of esters is 1. The van der Waals surface area contributed by atoms with Gasteiger partial charge in [0.25, 0.3) is 0 Å². The van der Waals surface area contributed by atoms with E-state index in [0.29, 0.717) is 12.8 Å². The summed E-state index contributed by atoms with van der Waals surface area (Å²) < 4.78 is 4.73. The van der Waals surface area contributed by atoms with Crippen molar-refractivity contribution in [3.63, 3.8) is 0 Å². The maximum Gasteiger partial charge on any atom is 0.328 e. The largest absolute Gasteiger partial charge is 0.467 e. The van der Waals surface area contributed by atoms with E-state index in [-0.39, 0.29) is 35.9 Å². The maximum absolute atomic E-state index is 12.3. The highest BCUT2D eigenvalue weighted by molar-refractivity contribution is 5.87. The van der Waals surface area contributed by atoms with Crippen LogP contribution in [0.25, 0.3) is 0 Å². The molecule has 0 spiro atoms. The molecule has 0 aromatic rings. The zero-order valence-corrected chi connectivity index (χ0v) is 14.6. The normalized spacial score (nSPS) is 22.6. The van der Waals surface area contributed by atoms with Crippen LogP contribution in [0.1, 0.15) is 52.9 Å². The van der Waals surface area contributed by atoms with Crippen molar-refractivity contribution in [3.8, 4) is 0 Å². The summed E-state index contributed by atoms with van der Waals surface area (Å²) in [5, 5.41) is 2.75. The van der Waals surface area contributed by atoms with Gasteiger partial charge in [-0.05, 0) is 31.1 Å². The molecule has 1 aliphatic rings. The number of methoxy groups -OCH3 is 1. The number of ether oxygens (including phenoxy) is 1. The van der Waals surface area contributed by atoms with Gasteiger partial charge in [-0.1, -0.05) is 32.9 Å². The van der Waals surface area contributed by atoms with E-state index in [0.717, 1.165) is 12.8 Å². The minimum atomic E-state index is -0.636. The molecule has 0 saturated heterocycles. The third kappa shape index (κ3) is 5.81. The average Bonchev–Trinajstić information content (AvgIpc) is 2.84. The molecular weight excluding hydrogens is 294 g/mol. The minimum Gasteiger partial charge on any atom is -0.467 e. The van der Waals surface area contributed by atoms with Gasteiger partial charge in [-0.3, -0.25) is 9.59 Å². The summed E-state index contributed by atoms with van der Waals surface area (Å²) in [7, 11) is 1.32. The van der Waals surface area contributed by atoms with Gasteiger partial charge in [0.1, 0.15) is 11.8 Å². The monoisotopic (exact) mass is 323 g/mol. The van der Waals surface area contributed by atoms with Gasteiger partial charge in [-0.2, -0.15) is 0 Å². The second-order valence-corrected chi connectivity index (χ2v) is 6.50. The lowest BCUT2D eigenvalue weighted by Gasteiger charge is -2.22. The van der Waals surface area contributed by atoms with E-state index in [1.54, 1.807) is 0 Å². The lowest BCUT2D eigenvalue weighted by molar-refractivity contribution is -0.146. The first-order chi connectivity index (χ1) is 10.9. The second-order valence-electron chi connectivity index (χ2n) is 6.50. The van der Waals surface area contributed by atoms with Crippen molar-refractivity contribution in [2.45, 2.75) is 58.9 Å². The van der Waals surface area contributed by atoms with E-state index in [4.69, 9.17) is 4.74 Å². The van der Waals surface area contributed by atoms with Crippen molar-refractivity contribution >= 4 is 17.7 Å². The summed E-state index contributed by atoms with van der Waals surface area (Å²) in [5.74, 6) is -0.415. The SMILES string of the molecule is CC/C=C\C[C@@H]1C(=O)CC[C@@H]1CC(=O)NC(C(=O)OC)C(C)C. The number of allylic oxidation sites excluding steroid dienone is 2. The molecule has 1 rings (SSSR count). The number of hydrogen-bond acceptors (Lipinski definition) is 4. The first-order valence-corrected chi connectivity index (χ1v) is 8.45. The molecule has 0 radical (unpaired) electrons. The number of amides is 1. The second kappa shape index (κ2) is 9.48. The third-order valence-electron chi connectivity index (χ3n) is 4.42. The van der Waals surface area contributed by atoms with Gasteiger partial charge in [0, 0.05) is 18.8 Å². The summed E-state index contributed by atoms with van der Waals surface area (Å²) in [4.78, 5) is 36.0. The van der Waals surface area contributed by atoms with Gasteiger partial charge in [0.2, 0.25) is 5.91 Å². The maximum atomic E-state index is 12.3. The van der Waals surface area contributed by atoms with Crippen molar-refractivity contribution < 1.29 is 19.1 Å². The number of carbonyl (C=O) groups excluding carboxylic acids is 3. The van der Waals surface area contributed by atoms with E-state index < -0.39 is 12.0 Å². The molecule has 0 aromatic carbocycles.